The number of aliphatic carboxylic acids is 1. The van der Waals surface area contributed by atoms with E-state index in [1.54, 1.807) is 13.3 Å². The Bertz CT molecular complexity index is 1120. The van der Waals surface area contributed by atoms with Gasteiger partial charge in [-0.05, 0) is 43.5 Å². The number of hydrogen-bond donors (Lipinski definition) is 1. The van der Waals surface area contributed by atoms with E-state index < -0.39 is 5.97 Å². The lowest BCUT2D eigenvalue weighted by atomic mass is 9.91. The molecule has 226 valence electrons. The van der Waals surface area contributed by atoms with Gasteiger partial charge in [0.1, 0.15) is 11.9 Å². The highest BCUT2D eigenvalue weighted by molar-refractivity contribution is 6.33. The predicted molar refractivity (Wildman–Crippen MR) is 161 cm³/mol. The molecule has 9 nitrogen and oxygen atoms in total. The summed E-state index contributed by atoms with van der Waals surface area (Å²) in [7, 11) is 1.60. The van der Waals surface area contributed by atoms with Gasteiger partial charge in [0.15, 0.2) is 0 Å². The number of nitrogens with zero attached hydrogens (tertiary/aromatic N) is 3. The number of methoxy groups -OCH3 is 1. The molecule has 1 aromatic heterocycles. The lowest BCUT2D eigenvalue weighted by molar-refractivity contribution is -0.137. The van der Waals surface area contributed by atoms with Crippen LogP contribution in [0.5, 0.6) is 11.6 Å². The van der Waals surface area contributed by atoms with Gasteiger partial charge in [-0.3, -0.25) is 4.79 Å². The SMILES string of the molecule is CCOCCCOCC1CN(c2ccc(OC3CCN(c4cc(OC)ncc4Cl)CC3C)cc2)[C@@H](CC(=O)O)[C@@H]1C. The maximum absolute atomic E-state index is 11.7. The molecule has 1 N–H and O–H groups in total. The highest BCUT2D eigenvalue weighted by Crippen LogP contribution is 2.37. The van der Waals surface area contributed by atoms with Crippen LogP contribution in [0.15, 0.2) is 36.5 Å². The lowest BCUT2D eigenvalue weighted by Crippen LogP contribution is -2.44. The molecule has 10 heteroatoms. The van der Waals surface area contributed by atoms with Crippen LogP contribution in [0.3, 0.4) is 0 Å². The first-order valence-corrected chi connectivity index (χ1v) is 15.0. The molecule has 3 unspecified atom stereocenters. The third-order valence-corrected chi connectivity index (χ3v) is 8.61. The average molecular weight is 590 g/mol. The van der Waals surface area contributed by atoms with Crippen LogP contribution < -0.4 is 19.3 Å². The topological polar surface area (TPSA) is 93.6 Å². The van der Waals surface area contributed by atoms with Crippen LogP contribution in [-0.4, -0.2) is 81.4 Å². The summed E-state index contributed by atoms with van der Waals surface area (Å²) in [6, 6.07) is 9.89. The summed E-state index contributed by atoms with van der Waals surface area (Å²) >= 11 is 6.43. The number of benzene rings is 1. The summed E-state index contributed by atoms with van der Waals surface area (Å²) in [4.78, 5) is 20.4. The predicted octanol–water partition coefficient (Wildman–Crippen LogP) is 5.40. The van der Waals surface area contributed by atoms with Crippen molar-refractivity contribution in [2.75, 3.05) is 63.0 Å². The second-order valence-corrected chi connectivity index (χ2v) is 11.5. The van der Waals surface area contributed by atoms with E-state index in [2.05, 4.69) is 28.6 Å². The Morgan fingerprint density at radius 1 is 1.15 bits per heavy atom. The van der Waals surface area contributed by atoms with Crippen molar-refractivity contribution in [2.45, 2.75) is 52.2 Å². The van der Waals surface area contributed by atoms with E-state index in [1.165, 1.54) is 0 Å². The van der Waals surface area contributed by atoms with Crippen molar-refractivity contribution in [2.24, 2.45) is 17.8 Å². The molecule has 4 rings (SSSR count). The van der Waals surface area contributed by atoms with Gasteiger partial charge in [-0.15, -0.1) is 0 Å². The first-order chi connectivity index (χ1) is 19.8. The summed E-state index contributed by atoms with van der Waals surface area (Å²) in [5, 5.41) is 10.2. The van der Waals surface area contributed by atoms with Gasteiger partial charge >= 0.3 is 5.97 Å². The Balaban J connectivity index is 1.34. The van der Waals surface area contributed by atoms with E-state index in [9.17, 15) is 9.90 Å². The Morgan fingerprint density at radius 3 is 2.59 bits per heavy atom. The molecule has 0 aliphatic carbocycles. The number of hydrogen-bond acceptors (Lipinski definition) is 8. The molecule has 41 heavy (non-hydrogen) atoms. The number of anilines is 2. The Kier molecular flexibility index (Phi) is 11.4. The summed E-state index contributed by atoms with van der Waals surface area (Å²) < 4.78 is 23.0. The number of ether oxygens (including phenoxy) is 4. The lowest BCUT2D eigenvalue weighted by Gasteiger charge is -2.38. The summed E-state index contributed by atoms with van der Waals surface area (Å²) in [6.45, 7) is 11.4. The van der Waals surface area contributed by atoms with Gasteiger partial charge in [0.05, 0.1) is 37.0 Å². The Labute approximate surface area is 248 Å². The molecule has 2 saturated heterocycles. The van der Waals surface area contributed by atoms with Crippen molar-refractivity contribution in [3.8, 4) is 11.6 Å². The minimum Gasteiger partial charge on any atom is -0.490 e. The first-order valence-electron chi connectivity index (χ1n) is 14.7. The molecule has 2 fully saturated rings. The van der Waals surface area contributed by atoms with E-state index in [0.29, 0.717) is 37.3 Å². The zero-order valence-corrected chi connectivity index (χ0v) is 25.4. The molecule has 2 aromatic rings. The molecule has 1 aromatic carbocycles. The van der Waals surface area contributed by atoms with Gasteiger partial charge < -0.3 is 33.9 Å². The van der Waals surface area contributed by atoms with Gasteiger partial charge in [0.2, 0.25) is 5.88 Å². The van der Waals surface area contributed by atoms with E-state index in [4.69, 9.17) is 30.5 Å². The number of carboxylic acid groups (broad SMARTS) is 1. The highest BCUT2D eigenvalue weighted by atomic mass is 35.5. The second-order valence-electron chi connectivity index (χ2n) is 11.1. The van der Waals surface area contributed by atoms with Crippen molar-refractivity contribution < 1.29 is 28.8 Å². The molecule has 0 radical (unpaired) electrons. The van der Waals surface area contributed by atoms with Crippen molar-refractivity contribution >= 4 is 28.9 Å². The number of carboxylic acids is 1. The zero-order valence-electron chi connectivity index (χ0n) is 24.6. The zero-order chi connectivity index (χ0) is 29.4. The minimum absolute atomic E-state index is 0.0791. The fourth-order valence-corrected chi connectivity index (χ4v) is 6.17. The molecule has 3 heterocycles. The molecule has 0 amide bonds. The van der Waals surface area contributed by atoms with Crippen molar-refractivity contribution in [1.82, 2.24) is 4.98 Å². The number of aromatic nitrogens is 1. The van der Waals surface area contributed by atoms with Crippen LogP contribution in [0.2, 0.25) is 5.02 Å². The molecule has 0 spiro atoms. The smallest absolute Gasteiger partial charge is 0.305 e. The fraction of sp³-hybridized carbons (Fsp3) is 0.613. The van der Waals surface area contributed by atoms with E-state index in [1.807, 2.05) is 37.3 Å². The largest absolute Gasteiger partial charge is 0.490 e. The third-order valence-electron chi connectivity index (χ3n) is 8.32. The normalized spacial score (nSPS) is 24.5. The average Bonchev–Trinajstić information content (AvgIpc) is 3.26. The van der Waals surface area contributed by atoms with Gasteiger partial charge in [-0.25, -0.2) is 4.98 Å². The molecule has 2 aliphatic rings. The molecular weight excluding hydrogens is 546 g/mol. The van der Waals surface area contributed by atoms with Crippen LogP contribution in [0.1, 0.15) is 40.0 Å². The van der Waals surface area contributed by atoms with E-state index >= 15 is 0 Å². The van der Waals surface area contributed by atoms with Crippen LogP contribution >= 0.6 is 11.6 Å². The van der Waals surface area contributed by atoms with Gasteiger partial charge in [0.25, 0.3) is 0 Å². The monoisotopic (exact) mass is 589 g/mol. The van der Waals surface area contributed by atoms with Crippen LogP contribution in [-0.2, 0) is 14.3 Å². The maximum Gasteiger partial charge on any atom is 0.305 e. The number of rotatable bonds is 14. The van der Waals surface area contributed by atoms with Crippen LogP contribution in [0.25, 0.3) is 0 Å². The first kappa shape index (κ1) is 31.2. The molecule has 5 atom stereocenters. The highest BCUT2D eigenvalue weighted by Gasteiger charge is 2.40. The number of halogens is 1. The van der Waals surface area contributed by atoms with E-state index in [0.717, 1.165) is 49.6 Å². The third kappa shape index (κ3) is 8.17. The van der Waals surface area contributed by atoms with Crippen molar-refractivity contribution in [3.63, 3.8) is 0 Å². The van der Waals surface area contributed by atoms with Crippen molar-refractivity contribution in [3.05, 3.63) is 41.6 Å². The molecular formula is C31H44ClN3O6. The molecule has 0 saturated carbocycles. The summed E-state index contributed by atoms with van der Waals surface area (Å²) in [6.07, 6.45) is 3.54. The quantitative estimate of drug-likeness (QED) is 0.291. The fourth-order valence-electron chi connectivity index (χ4n) is 5.94. The van der Waals surface area contributed by atoms with E-state index in [-0.39, 0.29) is 36.3 Å². The van der Waals surface area contributed by atoms with Gasteiger partial charge in [-0.2, -0.15) is 0 Å². The van der Waals surface area contributed by atoms with Crippen molar-refractivity contribution in [1.29, 1.82) is 0 Å². The standard InChI is InChI=1S/C31H44ClN3O6/c1-5-39-13-6-14-40-20-23-19-35(27(22(23)3)16-31(36)37)24-7-9-25(10-8-24)41-29-11-12-34(18-21(29)2)28-15-30(38-4)33-17-26(28)32/h7-10,15,17,21-23,27,29H,5-6,11-14,16,18-20H2,1-4H3,(H,36,37)/t21?,22-,23?,27+,29?/m1/s1. The Morgan fingerprint density at radius 2 is 1.90 bits per heavy atom. The maximum atomic E-state index is 11.7. The number of piperidine rings is 1. The van der Waals surface area contributed by atoms with Crippen LogP contribution in [0.4, 0.5) is 11.4 Å². The second kappa shape index (κ2) is 14.9. The van der Waals surface area contributed by atoms with Gasteiger partial charge in [0, 0.05) is 75.5 Å². The van der Waals surface area contributed by atoms with Gasteiger partial charge in [-0.1, -0.05) is 25.4 Å². The molecule has 0 bridgehead atoms. The minimum atomic E-state index is -0.781. The number of carbonyl (C=O) groups is 1. The molecule has 2 aliphatic heterocycles. The summed E-state index contributed by atoms with van der Waals surface area (Å²) in [5.41, 5.74) is 1.94. The Hall–Kier alpha value is -2.75. The van der Waals surface area contributed by atoms with Crippen LogP contribution in [0, 0.1) is 17.8 Å². The number of pyridine rings is 1. The summed E-state index contributed by atoms with van der Waals surface area (Å²) in [5.74, 6) is 1.34.